The Morgan fingerprint density at radius 1 is 0.969 bits per heavy atom. The molecule has 5 heteroatoms. The van der Waals surface area contributed by atoms with Gasteiger partial charge in [0.2, 0.25) is 5.91 Å². The largest absolute Gasteiger partial charge is 0.497 e. The van der Waals surface area contributed by atoms with Crippen LogP contribution in [0.3, 0.4) is 0 Å². The monoisotopic (exact) mass is 446 g/mol. The van der Waals surface area contributed by atoms with E-state index in [-0.39, 0.29) is 11.8 Å². The zero-order valence-electron chi connectivity index (χ0n) is 18.5. The van der Waals surface area contributed by atoms with E-state index in [0.717, 1.165) is 49.7 Å². The number of hydrogen-bond donors (Lipinski definition) is 1. The average molecular weight is 447 g/mol. The van der Waals surface area contributed by atoms with E-state index in [1.165, 1.54) is 16.0 Å². The fraction of sp³-hybridized carbons (Fsp3) is 0.296. The fourth-order valence-corrected chi connectivity index (χ4v) is 4.87. The molecule has 0 aliphatic carbocycles. The van der Waals surface area contributed by atoms with E-state index in [0.29, 0.717) is 0 Å². The smallest absolute Gasteiger partial charge is 0.227 e. The van der Waals surface area contributed by atoms with Gasteiger partial charge in [-0.3, -0.25) is 9.69 Å². The molecule has 1 heterocycles. The Bertz CT molecular complexity index is 1000. The van der Waals surface area contributed by atoms with Crippen LogP contribution in [-0.4, -0.2) is 31.0 Å². The molecule has 4 nitrogen and oxygen atoms in total. The van der Waals surface area contributed by atoms with Gasteiger partial charge in [-0.1, -0.05) is 42.5 Å². The number of anilines is 1. The van der Waals surface area contributed by atoms with E-state index in [2.05, 4.69) is 58.7 Å². The maximum Gasteiger partial charge on any atom is 0.227 e. The maximum absolute atomic E-state index is 12.8. The highest BCUT2D eigenvalue weighted by molar-refractivity contribution is 7.98. The topological polar surface area (TPSA) is 41.6 Å². The van der Waals surface area contributed by atoms with E-state index < -0.39 is 0 Å². The third-order valence-electron chi connectivity index (χ3n) is 5.87. The van der Waals surface area contributed by atoms with Crippen LogP contribution >= 0.6 is 11.8 Å². The summed E-state index contributed by atoms with van der Waals surface area (Å²) in [5.41, 5.74) is 3.38. The van der Waals surface area contributed by atoms with Crippen molar-refractivity contribution in [2.45, 2.75) is 30.0 Å². The molecular weight excluding hydrogens is 416 g/mol. The van der Waals surface area contributed by atoms with E-state index in [4.69, 9.17) is 4.74 Å². The summed E-state index contributed by atoms with van der Waals surface area (Å²) >= 11 is 1.82. The van der Waals surface area contributed by atoms with E-state index in [9.17, 15) is 4.79 Å². The standard InChI is InChI=1S/C27H30N2O2S/c1-31-25-7-5-6-22(18-25)19-29-16-14-23(15-17-29)27(30)28-24-12-10-21(11-13-24)20-32-26-8-3-2-4-9-26/h2-13,18,23H,14-17,19-20H2,1H3,(H,28,30). The number of amides is 1. The van der Waals surface area contributed by atoms with Crippen LogP contribution in [0.2, 0.25) is 0 Å². The molecule has 166 valence electrons. The summed E-state index contributed by atoms with van der Waals surface area (Å²) in [6, 6.07) is 26.8. The maximum atomic E-state index is 12.8. The zero-order chi connectivity index (χ0) is 22.2. The summed E-state index contributed by atoms with van der Waals surface area (Å²) in [5.74, 6) is 2.02. The molecule has 0 unspecified atom stereocenters. The molecule has 1 aliphatic heterocycles. The second kappa shape index (κ2) is 11.2. The number of rotatable bonds is 8. The lowest BCUT2D eigenvalue weighted by atomic mass is 9.95. The number of methoxy groups -OCH3 is 1. The van der Waals surface area contributed by atoms with Crippen LogP contribution in [-0.2, 0) is 17.1 Å². The first-order chi connectivity index (χ1) is 15.7. The van der Waals surface area contributed by atoms with Crippen molar-refractivity contribution in [2.75, 3.05) is 25.5 Å². The highest BCUT2D eigenvalue weighted by atomic mass is 32.2. The first-order valence-electron chi connectivity index (χ1n) is 11.1. The molecule has 0 radical (unpaired) electrons. The lowest BCUT2D eigenvalue weighted by molar-refractivity contribution is -0.121. The van der Waals surface area contributed by atoms with Crippen LogP contribution in [0, 0.1) is 5.92 Å². The Balaban J connectivity index is 1.22. The van der Waals surface area contributed by atoms with Crippen molar-refractivity contribution in [1.29, 1.82) is 0 Å². The molecule has 1 saturated heterocycles. The third-order valence-corrected chi connectivity index (χ3v) is 6.95. The first-order valence-corrected chi connectivity index (χ1v) is 12.1. The molecule has 1 fully saturated rings. The van der Waals surface area contributed by atoms with Crippen molar-refractivity contribution in [1.82, 2.24) is 4.90 Å². The number of carbonyl (C=O) groups excluding carboxylic acids is 1. The van der Waals surface area contributed by atoms with Gasteiger partial charge in [0.25, 0.3) is 0 Å². The number of hydrogen-bond acceptors (Lipinski definition) is 4. The molecule has 4 rings (SSSR count). The van der Waals surface area contributed by atoms with Crippen LogP contribution in [0.1, 0.15) is 24.0 Å². The van der Waals surface area contributed by atoms with Gasteiger partial charge in [0.15, 0.2) is 0 Å². The van der Waals surface area contributed by atoms with E-state index in [1.54, 1.807) is 7.11 Å². The summed E-state index contributed by atoms with van der Waals surface area (Å²) in [6.07, 6.45) is 1.78. The van der Waals surface area contributed by atoms with Crippen LogP contribution in [0.5, 0.6) is 5.75 Å². The van der Waals surface area contributed by atoms with E-state index in [1.807, 2.05) is 42.1 Å². The minimum absolute atomic E-state index is 0.0740. The zero-order valence-corrected chi connectivity index (χ0v) is 19.3. The van der Waals surface area contributed by atoms with Gasteiger partial charge in [0.1, 0.15) is 5.75 Å². The highest BCUT2D eigenvalue weighted by Gasteiger charge is 2.25. The first kappa shape index (κ1) is 22.4. The molecular formula is C27H30N2O2S. The number of nitrogens with zero attached hydrogens (tertiary/aromatic N) is 1. The van der Waals surface area contributed by atoms with Gasteiger partial charge < -0.3 is 10.1 Å². The SMILES string of the molecule is COc1cccc(CN2CCC(C(=O)Nc3ccc(CSc4ccccc4)cc3)CC2)c1. The Kier molecular flexibility index (Phi) is 7.86. The fourth-order valence-electron chi connectivity index (χ4n) is 3.99. The summed E-state index contributed by atoms with van der Waals surface area (Å²) in [7, 11) is 1.69. The number of nitrogens with one attached hydrogen (secondary N) is 1. The molecule has 0 aromatic heterocycles. The minimum Gasteiger partial charge on any atom is -0.497 e. The third kappa shape index (κ3) is 6.38. The predicted molar refractivity (Wildman–Crippen MR) is 132 cm³/mol. The minimum atomic E-state index is 0.0740. The Morgan fingerprint density at radius 2 is 1.72 bits per heavy atom. The summed E-state index contributed by atoms with van der Waals surface area (Å²) in [6.45, 7) is 2.77. The normalized spacial score (nSPS) is 14.8. The number of benzene rings is 3. The van der Waals surface area contributed by atoms with Gasteiger partial charge in [0.05, 0.1) is 7.11 Å². The molecule has 0 saturated carbocycles. The van der Waals surface area contributed by atoms with Crippen molar-refractivity contribution >= 4 is 23.4 Å². The molecule has 1 aliphatic rings. The van der Waals surface area contributed by atoms with Gasteiger partial charge in [-0.15, -0.1) is 11.8 Å². The Morgan fingerprint density at radius 3 is 2.44 bits per heavy atom. The van der Waals surface area contributed by atoms with Crippen molar-refractivity contribution in [3.63, 3.8) is 0 Å². The Hall–Kier alpha value is -2.76. The van der Waals surface area contributed by atoms with Gasteiger partial charge in [-0.05, 0) is 73.5 Å². The van der Waals surface area contributed by atoms with Gasteiger partial charge >= 0.3 is 0 Å². The summed E-state index contributed by atoms with van der Waals surface area (Å²) in [4.78, 5) is 16.4. The number of piperidine rings is 1. The molecule has 32 heavy (non-hydrogen) atoms. The van der Waals surface area contributed by atoms with Crippen molar-refractivity contribution in [3.05, 3.63) is 90.0 Å². The molecule has 3 aromatic rings. The van der Waals surface area contributed by atoms with E-state index >= 15 is 0 Å². The molecule has 1 N–H and O–H groups in total. The van der Waals surface area contributed by atoms with Gasteiger partial charge in [-0.25, -0.2) is 0 Å². The van der Waals surface area contributed by atoms with Gasteiger partial charge in [0, 0.05) is 28.8 Å². The van der Waals surface area contributed by atoms with Crippen molar-refractivity contribution in [2.24, 2.45) is 5.92 Å². The lowest BCUT2D eigenvalue weighted by Crippen LogP contribution is -2.37. The molecule has 0 spiro atoms. The summed E-state index contributed by atoms with van der Waals surface area (Å²) in [5, 5.41) is 3.11. The Labute approximate surface area is 195 Å². The van der Waals surface area contributed by atoms with Crippen LogP contribution in [0.15, 0.2) is 83.8 Å². The van der Waals surface area contributed by atoms with Crippen LogP contribution in [0.25, 0.3) is 0 Å². The summed E-state index contributed by atoms with van der Waals surface area (Å²) < 4.78 is 5.32. The molecule has 3 aromatic carbocycles. The van der Waals surface area contributed by atoms with Crippen LogP contribution < -0.4 is 10.1 Å². The van der Waals surface area contributed by atoms with Crippen molar-refractivity contribution < 1.29 is 9.53 Å². The second-order valence-electron chi connectivity index (χ2n) is 8.19. The quantitative estimate of drug-likeness (QED) is 0.442. The number of likely N-dealkylation sites (tertiary alicyclic amines) is 1. The number of carbonyl (C=O) groups is 1. The van der Waals surface area contributed by atoms with Crippen LogP contribution in [0.4, 0.5) is 5.69 Å². The second-order valence-corrected chi connectivity index (χ2v) is 9.24. The average Bonchev–Trinajstić information content (AvgIpc) is 2.85. The molecule has 1 amide bonds. The number of ether oxygens (including phenoxy) is 1. The van der Waals surface area contributed by atoms with Crippen molar-refractivity contribution in [3.8, 4) is 5.75 Å². The van der Waals surface area contributed by atoms with Gasteiger partial charge in [-0.2, -0.15) is 0 Å². The molecule has 0 bridgehead atoms. The number of thioether (sulfide) groups is 1. The lowest BCUT2D eigenvalue weighted by Gasteiger charge is -2.31. The highest BCUT2D eigenvalue weighted by Crippen LogP contribution is 2.25. The molecule has 0 atom stereocenters. The predicted octanol–water partition coefficient (Wildman–Crippen LogP) is 5.84.